The van der Waals surface area contributed by atoms with E-state index in [1.807, 2.05) is 37.3 Å². The van der Waals surface area contributed by atoms with Crippen LogP contribution in [0.1, 0.15) is 12.5 Å². The predicted molar refractivity (Wildman–Crippen MR) is 50.7 cm³/mol. The van der Waals surface area contributed by atoms with Crippen LogP contribution in [0.4, 0.5) is 0 Å². The molecule has 0 aliphatic carbocycles. The lowest BCUT2D eigenvalue weighted by molar-refractivity contribution is 1.07. The van der Waals surface area contributed by atoms with Crippen molar-refractivity contribution in [1.82, 2.24) is 0 Å². The molecule has 0 unspecified atom stereocenters. The molecule has 0 aromatic heterocycles. The van der Waals surface area contributed by atoms with Crippen LogP contribution >= 0.6 is 11.6 Å². The summed E-state index contributed by atoms with van der Waals surface area (Å²) in [5.74, 6) is 0.722. The first-order chi connectivity index (χ1) is 5.35. The predicted octanol–water partition coefficient (Wildman–Crippen LogP) is 2.39. The largest absolute Gasteiger partial charge is 0.326 e. The van der Waals surface area contributed by atoms with Crippen LogP contribution in [0.5, 0.6) is 0 Å². The van der Waals surface area contributed by atoms with Gasteiger partial charge in [0.05, 0.1) is 0 Å². The molecule has 0 atom stereocenters. The van der Waals surface area contributed by atoms with E-state index >= 15 is 0 Å². The van der Waals surface area contributed by atoms with Gasteiger partial charge in [-0.25, -0.2) is 0 Å². The summed E-state index contributed by atoms with van der Waals surface area (Å²) in [5.41, 5.74) is 6.54. The maximum atomic E-state index is 5.35. The van der Waals surface area contributed by atoms with Crippen molar-refractivity contribution in [1.29, 1.82) is 0 Å². The van der Waals surface area contributed by atoms with E-state index in [-0.39, 0.29) is 0 Å². The van der Waals surface area contributed by atoms with E-state index in [9.17, 15) is 0 Å². The number of hydrogen-bond acceptors (Lipinski definition) is 1. The Hall–Kier alpha value is -0.530. The molecule has 62 valence electrons. The lowest BCUT2D eigenvalue weighted by Gasteiger charge is -1.90. The molecule has 1 nitrogen and oxygen atoms in total. The minimum Gasteiger partial charge on any atom is -0.326 e. The van der Waals surface area contributed by atoms with Crippen molar-refractivity contribution >= 4 is 11.6 Å². The van der Waals surface area contributed by atoms with E-state index in [1.54, 1.807) is 0 Å². The highest BCUT2D eigenvalue weighted by atomic mass is 35.5. The van der Waals surface area contributed by atoms with Gasteiger partial charge < -0.3 is 5.73 Å². The molecule has 11 heavy (non-hydrogen) atoms. The third kappa shape index (κ3) is 5.89. The molecular weight excluding hydrogens is 158 g/mol. The standard InChI is InChI=1S/C7H9N.C2H5Cl/c8-6-7-4-2-1-3-5-7;1-2-3/h1-5H,6,8H2;2H2,1H3. The van der Waals surface area contributed by atoms with Crippen molar-refractivity contribution in [3.05, 3.63) is 35.9 Å². The fourth-order valence-corrected chi connectivity index (χ4v) is 0.614. The molecule has 0 spiro atoms. The molecule has 2 heteroatoms. The summed E-state index contributed by atoms with van der Waals surface area (Å²) in [6, 6.07) is 9.99. The van der Waals surface area contributed by atoms with Crippen LogP contribution in [0.25, 0.3) is 0 Å². The van der Waals surface area contributed by atoms with Gasteiger partial charge in [-0.2, -0.15) is 0 Å². The van der Waals surface area contributed by atoms with Gasteiger partial charge in [0.25, 0.3) is 0 Å². The number of hydrogen-bond donors (Lipinski definition) is 1. The second-order valence-corrected chi connectivity index (χ2v) is 2.49. The van der Waals surface area contributed by atoms with Crippen molar-refractivity contribution in [2.75, 3.05) is 5.88 Å². The molecule has 0 saturated carbocycles. The zero-order chi connectivity index (χ0) is 8.53. The van der Waals surface area contributed by atoms with Gasteiger partial charge in [-0.3, -0.25) is 0 Å². The lowest BCUT2D eigenvalue weighted by Crippen LogP contribution is -1.94. The minimum atomic E-state index is 0.640. The number of benzene rings is 1. The molecule has 1 aromatic carbocycles. The summed E-state index contributed by atoms with van der Waals surface area (Å²) >= 11 is 5.00. The van der Waals surface area contributed by atoms with Gasteiger partial charge in [0, 0.05) is 12.4 Å². The minimum absolute atomic E-state index is 0.640. The first-order valence-corrected chi connectivity index (χ1v) is 4.18. The SMILES string of the molecule is CCCl.NCc1ccccc1. The Morgan fingerprint density at radius 1 is 1.27 bits per heavy atom. The Bertz CT molecular complexity index is 162. The molecule has 1 rings (SSSR count). The summed E-state index contributed by atoms with van der Waals surface area (Å²) in [6.45, 7) is 2.53. The van der Waals surface area contributed by atoms with Crippen LogP contribution in [-0.4, -0.2) is 5.88 Å². The van der Waals surface area contributed by atoms with E-state index in [4.69, 9.17) is 17.3 Å². The smallest absolute Gasteiger partial charge is 0.0195 e. The fourth-order valence-electron chi connectivity index (χ4n) is 0.614. The van der Waals surface area contributed by atoms with Gasteiger partial charge in [-0.15, -0.1) is 11.6 Å². The Morgan fingerprint density at radius 2 is 1.73 bits per heavy atom. The third-order valence-electron chi connectivity index (χ3n) is 1.08. The first-order valence-electron chi connectivity index (χ1n) is 3.65. The van der Waals surface area contributed by atoms with E-state index in [0.29, 0.717) is 6.54 Å². The molecule has 0 radical (unpaired) electrons. The monoisotopic (exact) mass is 171 g/mol. The Kier molecular flexibility index (Phi) is 7.21. The summed E-state index contributed by atoms with van der Waals surface area (Å²) in [5, 5.41) is 0. The number of rotatable bonds is 1. The quantitative estimate of drug-likeness (QED) is 0.646. The van der Waals surface area contributed by atoms with E-state index < -0.39 is 0 Å². The second kappa shape index (κ2) is 7.58. The maximum Gasteiger partial charge on any atom is 0.0195 e. The normalized spacial score (nSPS) is 8.27. The molecule has 0 aliphatic heterocycles. The second-order valence-electron chi connectivity index (χ2n) is 1.96. The molecular formula is C9H14ClN. The van der Waals surface area contributed by atoms with Gasteiger partial charge >= 0.3 is 0 Å². The molecule has 2 N–H and O–H groups in total. The van der Waals surface area contributed by atoms with Gasteiger partial charge in [0.15, 0.2) is 0 Å². The van der Waals surface area contributed by atoms with E-state index in [2.05, 4.69) is 0 Å². The Balaban J connectivity index is 0.000000292. The van der Waals surface area contributed by atoms with E-state index in [1.165, 1.54) is 5.56 Å². The highest BCUT2D eigenvalue weighted by Crippen LogP contribution is 1.94. The van der Waals surface area contributed by atoms with Crippen LogP contribution in [-0.2, 0) is 6.54 Å². The zero-order valence-corrected chi connectivity index (χ0v) is 7.51. The highest BCUT2D eigenvalue weighted by molar-refractivity contribution is 6.17. The molecule has 0 heterocycles. The van der Waals surface area contributed by atoms with Gasteiger partial charge in [0.2, 0.25) is 0 Å². The summed E-state index contributed by atoms with van der Waals surface area (Å²) in [6.07, 6.45) is 0. The zero-order valence-electron chi connectivity index (χ0n) is 6.76. The van der Waals surface area contributed by atoms with Crippen molar-refractivity contribution in [3.8, 4) is 0 Å². The van der Waals surface area contributed by atoms with Gasteiger partial charge in [-0.05, 0) is 5.56 Å². The summed E-state index contributed by atoms with van der Waals surface area (Å²) in [7, 11) is 0. The van der Waals surface area contributed by atoms with Crippen LogP contribution in [0, 0.1) is 0 Å². The Labute approximate surface area is 73.2 Å². The topological polar surface area (TPSA) is 26.0 Å². The van der Waals surface area contributed by atoms with Crippen LogP contribution < -0.4 is 5.73 Å². The third-order valence-corrected chi connectivity index (χ3v) is 1.08. The average molecular weight is 172 g/mol. The number of alkyl halides is 1. The van der Waals surface area contributed by atoms with Crippen molar-refractivity contribution in [2.24, 2.45) is 5.73 Å². The van der Waals surface area contributed by atoms with E-state index in [0.717, 1.165) is 5.88 Å². The van der Waals surface area contributed by atoms with Crippen molar-refractivity contribution < 1.29 is 0 Å². The molecule has 0 fully saturated rings. The highest BCUT2D eigenvalue weighted by Gasteiger charge is 1.80. The number of nitrogens with two attached hydrogens (primary N) is 1. The first kappa shape index (κ1) is 10.5. The molecule has 0 saturated heterocycles. The summed E-state index contributed by atoms with van der Waals surface area (Å²) in [4.78, 5) is 0. The lowest BCUT2D eigenvalue weighted by atomic mass is 10.2. The molecule has 0 bridgehead atoms. The molecule has 0 aliphatic rings. The summed E-state index contributed by atoms with van der Waals surface area (Å²) < 4.78 is 0. The average Bonchev–Trinajstić information content (AvgIpc) is 2.08. The number of halogens is 1. The van der Waals surface area contributed by atoms with Gasteiger partial charge in [-0.1, -0.05) is 37.3 Å². The van der Waals surface area contributed by atoms with Crippen molar-refractivity contribution in [2.45, 2.75) is 13.5 Å². The molecule has 1 aromatic rings. The van der Waals surface area contributed by atoms with Crippen LogP contribution in [0.2, 0.25) is 0 Å². The Morgan fingerprint density at radius 3 is 2.00 bits per heavy atom. The van der Waals surface area contributed by atoms with Crippen LogP contribution in [0.15, 0.2) is 30.3 Å². The fraction of sp³-hybridized carbons (Fsp3) is 0.333. The van der Waals surface area contributed by atoms with Gasteiger partial charge in [0.1, 0.15) is 0 Å². The van der Waals surface area contributed by atoms with Crippen LogP contribution in [0.3, 0.4) is 0 Å². The molecule has 0 amide bonds. The van der Waals surface area contributed by atoms with Crippen molar-refractivity contribution in [3.63, 3.8) is 0 Å². The maximum absolute atomic E-state index is 5.35.